The fourth-order valence-electron chi connectivity index (χ4n) is 1.77. The SMILES string of the molecule is CC(C)(C)[Si](C)(C)OCc1nccn1-c1ccc(N)cc1. The van der Waals surface area contributed by atoms with E-state index in [1.807, 2.05) is 35.0 Å². The van der Waals surface area contributed by atoms with Crippen molar-refractivity contribution in [3.63, 3.8) is 0 Å². The summed E-state index contributed by atoms with van der Waals surface area (Å²) in [5.41, 5.74) is 7.55. The molecule has 2 aromatic rings. The molecule has 0 bridgehead atoms. The number of nitrogens with zero attached hydrogens (tertiary/aromatic N) is 2. The second kappa shape index (κ2) is 5.65. The normalized spacial score (nSPS) is 12.6. The van der Waals surface area contributed by atoms with E-state index < -0.39 is 8.32 Å². The smallest absolute Gasteiger partial charge is 0.192 e. The number of aromatic nitrogens is 2. The van der Waals surface area contributed by atoms with Crippen molar-refractivity contribution >= 4 is 14.0 Å². The van der Waals surface area contributed by atoms with Gasteiger partial charge in [-0.05, 0) is 42.4 Å². The Balaban J connectivity index is 2.17. The number of rotatable bonds is 4. The molecule has 0 spiro atoms. The molecule has 5 heteroatoms. The summed E-state index contributed by atoms with van der Waals surface area (Å²) in [7, 11) is -1.77. The monoisotopic (exact) mass is 303 g/mol. The standard InChI is InChI=1S/C16H25N3OSi/c1-16(2,3)21(4,5)20-12-15-18-10-11-19(15)14-8-6-13(17)7-9-14/h6-11H,12,17H2,1-5H3. The molecule has 1 aromatic carbocycles. The van der Waals surface area contributed by atoms with Crippen molar-refractivity contribution in [3.05, 3.63) is 42.5 Å². The van der Waals surface area contributed by atoms with E-state index in [-0.39, 0.29) is 5.04 Å². The van der Waals surface area contributed by atoms with E-state index in [2.05, 4.69) is 38.8 Å². The molecule has 21 heavy (non-hydrogen) atoms. The molecule has 2 rings (SSSR count). The number of hydrogen-bond donors (Lipinski definition) is 1. The molecule has 0 saturated carbocycles. The number of nitrogens with two attached hydrogens (primary N) is 1. The Hall–Kier alpha value is -1.59. The minimum absolute atomic E-state index is 0.200. The maximum absolute atomic E-state index is 6.26. The zero-order valence-corrected chi connectivity index (χ0v) is 14.6. The van der Waals surface area contributed by atoms with Crippen LogP contribution in [0.15, 0.2) is 36.7 Å². The minimum Gasteiger partial charge on any atom is -0.409 e. The fourth-order valence-corrected chi connectivity index (χ4v) is 2.70. The lowest BCUT2D eigenvalue weighted by Crippen LogP contribution is -2.40. The molecule has 0 aliphatic heterocycles. The van der Waals surface area contributed by atoms with Crippen LogP contribution in [-0.2, 0) is 11.0 Å². The molecule has 2 N–H and O–H groups in total. The predicted molar refractivity (Wildman–Crippen MR) is 90.0 cm³/mol. The zero-order valence-electron chi connectivity index (χ0n) is 13.6. The summed E-state index contributed by atoms with van der Waals surface area (Å²) in [6.07, 6.45) is 3.76. The van der Waals surface area contributed by atoms with Gasteiger partial charge >= 0.3 is 0 Å². The van der Waals surface area contributed by atoms with Crippen LogP contribution >= 0.6 is 0 Å². The lowest BCUT2D eigenvalue weighted by molar-refractivity contribution is 0.265. The van der Waals surface area contributed by atoms with Gasteiger partial charge in [-0.2, -0.15) is 0 Å². The Morgan fingerprint density at radius 3 is 2.38 bits per heavy atom. The number of hydrogen-bond acceptors (Lipinski definition) is 3. The maximum atomic E-state index is 6.26. The van der Waals surface area contributed by atoms with Gasteiger partial charge in [-0.25, -0.2) is 4.98 Å². The van der Waals surface area contributed by atoms with Crippen LogP contribution < -0.4 is 5.73 Å². The number of imidazole rings is 1. The van der Waals surface area contributed by atoms with Gasteiger partial charge in [0, 0.05) is 23.8 Å². The second-order valence-corrected chi connectivity index (χ2v) is 11.7. The van der Waals surface area contributed by atoms with Crippen LogP contribution in [0.1, 0.15) is 26.6 Å². The number of benzene rings is 1. The molecular formula is C16H25N3OSi. The summed E-state index contributed by atoms with van der Waals surface area (Å²) in [6.45, 7) is 11.8. The zero-order chi connectivity index (χ0) is 15.7. The van der Waals surface area contributed by atoms with Crippen LogP contribution in [0.3, 0.4) is 0 Å². The molecule has 0 saturated heterocycles. The molecular weight excluding hydrogens is 278 g/mol. The van der Waals surface area contributed by atoms with E-state index in [4.69, 9.17) is 10.2 Å². The van der Waals surface area contributed by atoms with Crippen molar-refractivity contribution in [1.82, 2.24) is 9.55 Å². The van der Waals surface area contributed by atoms with Crippen molar-refractivity contribution in [2.75, 3.05) is 5.73 Å². The first kappa shape index (κ1) is 15.8. The van der Waals surface area contributed by atoms with E-state index in [0.717, 1.165) is 17.2 Å². The second-order valence-electron chi connectivity index (χ2n) is 6.85. The van der Waals surface area contributed by atoms with Gasteiger partial charge in [0.05, 0.1) is 6.61 Å². The van der Waals surface area contributed by atoms with Crippen LogP contribution in [0, 0.1) is 0 Å². The van der Waals surface area contributed by atoms with E-state index in [1.54, 1.807) is 6.20 Å². The first-order valence-electron chi connectivity index (χ1n) is 7.23. The summed E-state index contributed by atoms with van der Waals surface area (Å²) in [6, 6.07) is 7.78. The molecule has 114 valence electrons. The average molecular weight is 303 g/mol. The van der Waals surface area contributed by atoms with Crippen LogP contribution in [0.4, 0.5) is 5.69 Å². The van der Waals surface area contributed by atoms with Crippen molar-refractivity contribution in [3.8, 4) is 5.69 Å². The van der Waals surface area contributed by atoms with E-state index >= 15 is 0 Å². The number of nitrogen functional groups attached to an aromatic ring is 1. The lowest BCUT2D eigenvalue weighted by Gasteiger charge is -2.36. The first-order chi connectivity index (χ1) is 9.71. The Morgan fingerprint density at radius 2 is 1.81 bits per heavy atom. The van der Waals surface area contributed by atoms with Crippen LogP contribution in [0.25, 0.3) is 5.69 Å². The average Bonchev–Trinajstić information content (AvgIpc) is 2.84. The summed E-state index contributed by atoms with van der Waals surface area (Å²) >= 11 is 0. The molecule has 1 heterocycles. The molecule has 0 atom stereocenters. The maximum Gasteiger partial charge on any atom is 0.192 e. The summed E-state index contributed by atoms with van der Waals surface area (Å²) in [4.78, 5) is 4.43. The summed E-state index contributed by atoms with van der Waals surface area (Å²) in [5, 5.41) is 0.200. The Kier molecular flexibility index (Phi) is 4.25. The van der Waals surface area contributed by atoms with Crippen molar-refractivity contribution in [2.45, 2.75) is 45.5 Å². The van der Waals surface area contributed by atoms with Gasteiger partial charge in [0.2, 0.25) is 0 Å². The highest BCUT2D eigenvalue weighted by Crippen LogP contribution is 2.37. The Labute approximate surface area is 128 Å². The van der Waals surface area contributed by atoms with Gasteiger partial charge in [0.25, 0.3) is 0 Å². The molecule has 0 fully saturated rings. The molecule has 1 aromatic heterocycles. The lowest BCUT2D eigenvalue weighted by atomic mass is 10.2. The predicted octanol–water partition coefficient (Wildman–Crippen LogP) is 3.98. The number of anilines is 1. The van der Waals surface area contributed by atoms with Crippen molar-refractivity contribution < 1.29 is 4.43 Å². The minimum atomic E-state index is -1.77. The summed E-state index contributed by atoms with van der Waals surface area (Å²) < 4.78 is 8.30. The topological polar surface area (TPSA) is 53.1 Å². The van der Waals surface area contributed by atoms with Crippen molar-refractivity contribution in [2.24, 2.45) is 0 Å². The largest absolute Gasteiger partial charge is 0.409 e. The van der Waals surface area contributed by atoms with E-state index in [9.17, 15) is 0 Å². The third-order valence-electron chi connectivity index (χ3n) is 4.26. The third-order valence-corrected chi connectivity index (χ3v) is 8.74. The van der Waals surface area contributed by atoms with E-state index in [1.165, 1.54) is 0 Å². The third kappa shape index (κ3) is 3.54. The van der Waals surface area contributed by atoms with Gasteiger partial charge in [0.1, 0.15) is 5.82 Å². The summed E-state index contributed by atoms with van der Waals surface area (Å²) in [5.74, 6) is 0.921. The van der Waals surface area contributed by atoms with Crippen LogP contribution in [0.2, 0.25) is 18.1 Å². The Bertz CT molecular complexity index is 597. The molecule has 0 unspecified atom stereocenters. The molecule has 0 radical (unpaired) electrons. The van der Waals surface area contributed by atoms with Gasteiger partial charge in [0.15, 0.2) is 8.32 Å². The van der Waals surface area contributed by atoms with Crippen molar-refractivity contribution in [1.29, 1.82) is 0 Å². The van der Waals surface area contributed by atoms with Crippen LogP contribution in [-0.4, -0.2) is 17.9 Å². The molecule has 0 amide bonds. The molecule has 0 aliphatic carbocycles. The highest BCUT2D eigenvalue weighted by atomic mass is 28.4. The fraction of sp³-hybridized carbons (Fsp3) is 0.438. The highest BCUT2D eigenvalue weighted by Gasteiger charge is 2.37. The quantitative estimate of drug-likeness (QED) is 0.686. The highest BCUT2D eigenvalue weighted by molar-refractivity contribution is 6.74. The first-order valence-corrected chi connectivity index (χ1v) is 10.1. The van der Waals surface area contributed by atoms with Gasteiger partial charge in [-0.1, -0.05) is 20.8 Å². The molecule has 4 nitrogen and oxygen atoms in total. The molecule has 0 aliphatic rings. The Morgan fingerprint density at radius 1 is 1.19 bits per heavy atom. The van der Waals surface area contributed by atoms with E-state index in [0.29, 0.717) is 6.61 Å². The van der Waals surface area contributed by atoms with Crippen LogP contribution in [0.5, 0.6) is 0 Å². The van der Waals surface area contributed by atoms with Gasteiger partial charge in [-0.15, -0.1) is 0 Å². The van der Waals surface area contributed by atoms with Gasteiger partial charge in [-0.3, -0.25) is 0 Å². The van der Waals surface area contributed by atoms with Gasteiger partial charge < -0.3 is 14.7 Å².